The number of aliphatic imine (C=N–C) groups is 1. The van der Waals surface area contributed by atoms with Crippen LogP contribution >= 0.6 is 0 Å². The summed E-state index contributed by atoms with van der Waals surface area (Å²) < 4.78 is 5.19. The van der Waals surface area contributed by atoms with Crippen molar-refractivity contribution in [2.45, 2.75) is 46.1 Å². The molecule has 6 nitrogen and oxygen atoms in total. The summed E-state index contributed by atoms with van der Waals surface area (Å²) >= 11 is 0. The SMILES string of the molecule is CCOCCCN=C(N)NCCC(=O)NC(C)CC. The fourth-order valence-electron chi connectivity index (χ4n) is 1.32. The van der Waals surface area contributed by atoms with Crippen molar-refractivity contribution in [2.75, 3.05) is 26.3 Å². The molecule has 1 unspecified atom stereocenters. The third-order valence-corrected chi connectivity index (χ3v) is 2.61. The highest BCUT2D eigenvalue weighted by atomic mass is 16.5. The minimum absolute atomic E-state index is 0.0333. The Morgan fingerprint density at radius 3 is 2.79 bits per heavy atom. The Balaban J connectivity index is 3.58. The van der Waals surface area contributed by atoms with E-state index in [4.69, 9.17) is 10.5 Å². The minimum Gasteiger partial charge on any atom is -0.382 e. The summed E-state index contributed by atoms with van der Waals surface area (Å²) in [7, 11) is 0. The number of nitrogens with one attached hydrogen (secondary N) is 2. The van der Waals surface area contributed by atoms with Gasteiger partial charge in [-0.1, -0.05) is 6.92 Å². The zero-order valence-corrected chi connectivity index (χ0v) is 12.4. The molecular formula is C13H28N4O2. The van der Waals surface area contributed by atoms with E-state index in [0.717, 1.165) is 19.4 Å². The lowest BCUT2D eigenvalue weighted by Crippen LogP contribution is -2.37. The van der Waals surface area contributed by atoms with Crippen LogP contribution in [-0.4, -0.2) is 44.2 Å². The molecule has 6 heteroatoms. The van der Waals surface area contributed by atoms with Crippen LogP contribution in [0.5, 0.6) is 0 Å². The van der Waals surface area contributed by atoms with Gasteiger partial charge in [0.25, 0.3) is 0 Å². The first-order valence-corrected chi connectivity index (χ1v) is 7.01. The second-order valence-corrected chi connectivity index (χ2v) is 4.37. The van der Waals surface area contributed by atoms with Crippen LogP contribution < -0.4 is 16.4 Å². The van der Waals surface area contributed by atoms with E-state index in [0.29, 0.717) is 32.1 Å². The highest BCUT2D eigenvalue weighted by Gasteiger charge is 2.04. The van der Waals surface area contributed by atoms with E-state index in [9.17, 15) is 4.79 Å². The second-order valence-electron chi connectivity index (χ2n) is 4.37. The second kappa shape index (κ2) is 11.8. The molecule has 0 fully saturated rings. The standard InChI is InChI=1S/C13H28N4O2/c1-4-11(3)17-12(18)7-9-16-13(14)15-8-6-10-19-5-2/h11H,4-10H2,1-3H3,(H,17,18)(H3,14,15,16). The normalized spacial score (nSPS) is 13.1. The number of guanidine groups is 1. The van der Waals surface area contributed by atoms with Gasteiger partial charge in [0.2, 0.25) is 5.91 Å². The number of carbonyl (C=O) groups is 1. The van der Waals surface area contributed by atoms with Gasteiger partial charge in [-0.3, -0.25) is 9.79 Å². The van der Waals surface area contributed by atoms with Crippen molar-refractivity contribution in [2.24, 2.45) is 10.7 Å². The molecule has 19 heavy (non-hydrogen) atoms. The van der Waals surface area contributed by atoms with Crippen LogP contribution in [0.2, 0.25) is 0 Å². The predicted molar refractivity (Wildman–Crippen MR) is 78.1 cm³/mol. The summed E-state index contributed by atoms with van der Waals surface area (Å²) in [5, 5.41) is 5.82. The first-order valence-electron chi connectivity index (χ1n) is 7.01. The van der Waals surface area contributed by atoms with Crippen LogP contribution in [0.15, 0.2) is 4.99 Å². The van der Waals surface area contributed by atoms with Crippen LogP contribution in [-0.2, 0) is 9.53 Å². The van der Waals surface area contributed by atoms with Gasteiger partial charge in [0.15, 0.2) is 5.96 Å². The molecule has 0 aliphatic carbocycles. The molecule has 0 bridgehead atoms. The molecule has 0 aromatic heterocycles. The van der Waals surface area contributed by atoms with E-state index in [2.05, 4.69) is 15.6 Å². The average molecular weight is 272 g/mol. The molecular weight excluding hydrogens is 244 g/mol. The molecule has 0 radical (unpaired) electrons. The van der Waals surface area contributed by atoms with Gasteiger partial charge >= 0.3 is 0 Å². The topological polar surface area (TPSA) is 88.7 Å². The van der Waals surface area contributed by atoms with Crippen molar-refractivity contribution in [1.82, 2.24) is 10.6 Å². The molecule has 0 heterocycles. The summed E-state index contributed by atoms with van der Waals surface area (Å²) in [5.41, 5.74) is 5.67. The van der Waals surface area contributed by atoms with Crippen LogP contribution in [0.25, 0.3) is 0 Å². The number of carbonyl (C=O) groups excluding carboxylic acids is 1. The minimum atomic E-state index is 0.0333. The van der Waals surface area contributed by atoms with Crippen LogP contribution in [0.3, 0.4) is 0 Å². The van der Waals surface area contributed by atoms with Gasteiger partial charge in [0, 0.05) is 38.8 Å². The molecule has 0 aliphatic heterocycles. The molecule has 0 spiro atoms. The summed E-state index contributed by atoms with van der Waals surface area (Å²) in [6, 6.07) is 0.220. The highest BCUT2D eigenvalue weighted by Crippen LogP contribution is 1.89. The van der Waals surface area contributed by atoms with E-state index in [1.807, 2.05) is 20.8 Å². The monoisotopic (exact) mass is 272 g/mol. The molecule has 112 valence electrons. The van der Waals surface area contributed by atoms with Gasteiger partial charge in [0.1, 0.15) is 0 Å². The fourth-order valence-corrected chi connectivity index (χ4v) is 1.32. The van der Waals surface area contributed by atoms with Gasteiger partial charge in [-0.2, -0.15) is 0 Å². The number of amides is 1. The Hall–Kier alpha value is -1.30. The zero-order valence-electron chi connectivity index (χ0n) is 12.4. The summed E-state index contributed by atoms with van der Waals surface area (Å²) in [5.74, 6) is 0.416. The summed E-state index contributed by atoms with van der Waals surface area (Å²) in [4.78, 5) is 15.6. The first-order chi connectivity index (χ1) is 9.10. The fraction of sp³-hybridized carbons (Fsp3) is 0.846. The molecule has 1 amide bonds. The molecule has 0 rings (SSSR count). The molecule has 0 aliphatic rings. The van der Waals surface area contributed by atoms with Gasteiger partial charge in [-0.25, -0.2) is 0 Å². The Labute approximate surface area is 116 Å². The number of rotatable bonds is 10. The lowest BCUT2D eigenvalue weighted by molar-refractivity contribution is -0.121. The van der Waals surface area contributed by atoms with Crippen molar-refractivity contribution in [3.63, 3.8) is 0 Å². The van der Waals surface area contributed by atoms with Crippen molar-refractivity contribution < 1.29 is 9.53 Å². The van der Waals surface area contributed by atoms with Crippen LogP contribution in [0, 0.1) is 0 Å². The number of hydrogen-bond donors (Lipinski definition) is 3. The van der Waals surface area contributed by atoms with Gasteiger partial charge in [-0.05, 0) is 26.7 Å². The number of nitrogens with zero attached hydrogens (tertiary/aromatic N) is 1. The maximum Gasteiger partial charge on any atom is 0.221 e. The highest BCUT2D eigenvalue weighted by molar-refractivity contribution is 5.80. The number of hydrogen-bond acceptors (Lipinski definition) is 3. The van der Waals surface area contributed by atoms with Crippen molar-refractivity contribution in [3.8, 4) is 0 Å². The Kier molecular flexibility index (Phi) is 11.0. The van der Waals surface area contributed by atoms with E-state index < -0.39 is 0 Å². The van der Waals surface area contributed by atoms with Crippen molar-refractivity contribution >= 4 is 11.9 Å². The number of ether oxygens (including phenoxy) is 1. The van der Waals surface area contributed by atoms with Gasteiger partial charge in [0.05, 0.1) is 0 Å². The van der Waals surface area contributed by atoms with Gasteiger partial charge < -0.3 is 21.1 Å². The van der Waals surface area contributed by atoms with Crippen molar-refractivity contribution in [1.29, 1.82) is 0 Å². The van der Waals surface area contributed by atoms with E-state index in [1.54, 1.807) is 0 Å². The predicted octanol–water partition coefficient (Wildman–Crippen LogP) is 0.622. The zero-order chi connectivity index (χ0) is 14.5. The van der Waals surface area contributed by atoms with Crippen LogP contribution in [0.1, 0.15) is 40.0 Å². The van der Waals surface area contributed by atoms with E-state index in [-0.39, 0.29) is 11.9 Å². The molecule has 0 aromatic carbocycles. The summed E-state index contributed by atoms with van der Waals surface area (Å²) in [6.45, 7) is 8.55. The Bertz CT molecular complexity index is 269. The molecule has 0 saturated heterocycles. The lowest BCUT2D eigenvalue weighted by atomic mass is 10.2. The average Bonchev–Trinajstić information content (AvgIpc) is 2.38. The molecule has 0 saturated carbocycles. The Morgan fingerprint density at radius 1 is 1.42 bits per heavy atom. The molecule has 1 atom stereocenters. The quantitative estimate of drug-likeness (QED) is 0.309. The maximum absolute atomic E-state index is 11.5. The first kappa shape index (κ1) is 17.7. The summed E-state index contributed by atoms with van der Waals surface area (Å²) in [6.07, 6.45) is 2.19. The third kappa shape index (κ3) is 11.5. The lowest BCUT2D eigenvalue weighted by Gasteiger charge is -2.11. The van der Waals surface area contributed by atoms with Gasteiger partial charge in [-0.15, -0.1) is 0 Å². The van der Waals surface area contributed by atoms with E-state index in [1.165, 1.54) is 0 Å². The smallest absolute Gasteiger partial charge is 0.221 e. The maximum atomic E-state index is 11.5. The Morgan fingerprint density at radius 2 is 2.16 bits per heavy atom. The molecule has 4 N–H and O–H groups in total. The number of nitrogens with two attached hydrogens (primary N) is 1. The van der Waals surface area contributed by atoms with E-state index >= 15 is 0 Å². The van der Waals surface area contributed by atoms with Crippen molar-refractivity contribution in [3.05, 3.63) is 0 Å². The van der Waals surface area contributed by atoms with Crippen LogP contribution in [0.4, 0.5) is 0 Å². The largest absolute Gasteiger partial charge is 0.382 e. The molecule has 0 aromatic rings. The third-order valence-electron chi connectivity index (χ3n) is 2.61.